The predicted molar refractivity (Wildman–Crippen MR) is 70.7 cm³/mol. The average molecular weight is 222 g/mol. The number of hydrogen-bond acceptors (Lipinski definition) is 2. The Labute approximate surface area is 101 Å². The van der Waals surface area contributed by atoms with Gasteiger partial charge in [0.05, 0.1) is 6.04 Å². The fourth-order valence-electron chi connectivity index (χ4n) is 2.34. The first-order valence-electron chi connectivity index (χ1n) is 5.78. The molecule has 0 aliphatic carbocycles. The maximum atomic E-state index is 4.77. The van der Waals surface area contributed by atoms with Gasteiger partial charge in [0, 0.05) is 6.20 Å². The minimum Gasteiger partial charge on any atom is -0.324 e. The molecule has 0 radical (unpaired) electrons. The van der Waals surface area contributed by atoms with Crippen molar-refractivity contribution in [2.45, 2.75) is 12.1 Å². The van der Waals surface area contributed by atoms with Gasteiger partial charge in [0.1, 0.15) is 11.9 Å². The Bertz CT molecular complexity index is 511. The highest BCUT2D eigenvalue weighted by Gasteiger charge is 2.33. The fourth-order valence-corrected chi connectivity index (χ4v) is 2.34. The van der Waals surface area contributed by atoms with Crippen LogP contribution in [0.25, 0.3) is 0 Å². The molecule has 0 saturated heterocycles. The van der Waals surface area contributed by atoms with Crippen LogP contribution in [0.15, 0.2) is 72.4 Å². The average Bonchev–Trinajstić information content (AvgIpc) is 2.78. The van der Waals surface area contributed by atoms with Crippen molar-refractivity contribution in [3.63, 3.8) is 0 Å². The second kappa shape index (κ2) is 4.06. The number of nitrogens with zero attached hydrogens (tertiary/aromatic N) is 2. The van der Waals surface area contributed by atoms with Crippen molar-refractivity contribution in [2.75, 3.05) is 0 Å². The van der Waals surface area contributed by atoms with E-state index in [1.54, 1.807) is 0 Å². The second-order valence-corrected chi connectivity index (χ2v) is 4.18. The summed E-state index contributed by atoms with van der Waals surface area (Å²) in [6.45, 7) is 3.94. The first-order chi connectivity index (χ1) is 8.40. The van der Waals surface area contributed by atoms with Crippen molar-refractivity contribution in [2.24, 2.45) is 4.99 Å². The van der Waals surface area contributed by atoms with Crippen molar-refractivity contribution in [1.82, 2.24) is 4.90 Å². The van der Waals surface area contributed by atoms with Crippen molar-refractivity contribution < 1.29 is 0 Å². The van der Waals surface area contributed by atoms with Gasteiger partial charge in [0.2, 0.25) is 0 Å². The molecule has 2 heterocycles. The van der Waals surface area contributed by atoms with E-state index in [4.69, 9.17) is 4.99 Å². The van der Waals surface area contributed by atoms with Crippen molar-refractivity contribution in [1.29, 1.82) is 0 Å². The van der Waals surface area contributed by atoms with Crippen LogP contribution in [0.5, 0.6) is 0 Å². The van der Waals surface area contributed by atoms with Crippen LogP contribution >= 0.6 is 0 Å². The minimum atomic E-state index is 0.149. The van der Waals surface area contributed by atoms with Crippen LogP contribution in [0, 0.1) is 0 Å². The summed E-state index contributed by atoms with van der Waals surface area (Å²) in [6.07, 6.45) is 10.1. The van der Waals surface area contributed by atoms with Crippen LogP contribution in [-0.2, 0) is 0 Å². The number of rotatable bonds is 2. The highest BCUT2D eigenvalue weighted by atomic mass is 15.3. The number of fused-ring (bicyclic) bond motifs is 1. The Morgan fingerprint density at radius 1 is 1.18 bits per heavy atom. The van der Waals surface area contributed by atoms with Gasteiger partial charge in [-0.25, -0.2) is 0 Å². The molecule has 0 saturated carbocycles. The highest BCUT2D eigenvalue weighted by molar-refractivity contribution is 5.97. The summed E-state index contributed by atoms with van der Waals surface area (Å²) in [5.74, 6) is 1.02. The lowest BCUT2D eigenvalue weighted by Gasteiger charge is -2.25. The van der Waals surface area contributed by atoms with Gasteiger partial charge in [-0.3, -0.25) is 4.99 Å². The summed E-state index contributed by atoms with van der Waals surface area (Å²) in [5, 5.41) is 0. The molecule has 0 unspecified atom stereocenters. The lowest BCUT2D eigenvalue weighted by molar-refractivity contribution is 0.453. The van der Waals surface area contributed by atoms with Crippen molar-refractivity contribution in [3.05, 3.63) is 73.0 Å². The van der Waals surface area contributed by atoms with E-state index >= 15 is 0 Å². The predicted octanol–water partition coefficient (Wildman–Crippen LogP) is 3.08. The zero-order valence-electron chi connectivity index (χ0n) is 9.53. The van der Waals surface area contributed by atoms with Crippen LogP contribution in [0.3, 0.4) is 0 Å². The molecular weight excluding hydrogens is 208 g/mol. The molecule has 2 aliphatic heterocycles. The second-order valence-electron chi connectivity index (χ2n) is 4.18. The molecule has 2 aliphatic rings. The number of benzene rings is 1. The van der Waals surface area contributed by atoms with Crippen LogP contribution in [0.4, 0.5) is 0 Å². The zero-order valence-corrected chi connectivity index (χ0v) is 9.53. The molecule has 2 heteroatoms. The van der Waals surface area contributed by atoms with Gasteiger partial charge < -0.3 is 4.90 Å². The molecule has 1 aromatic rings. The molecule has 0 spiro atoms. The lowest BCUT2D eigenvalue weighted by atomic mass is 10.0. The van der Waals surface area contributed by atoms with Crippen molar-refractivity contribution in [3.8, 4) is 0 Å². The van der Waals surface area contributed by atoms with Crippen molar-refractivity contribution >= 4 is 5.84 Å². The van der Waals surface area contributed by atoms with Gasteiger partial charge in [-0.2, -0.15) is 0 Å². The van der Waals surface area contributed by atoms with Gasteiger partial charge in [-0.15, -0.1) is 6.58 Å². The molecule has 17 heavy (non-hydrogen) atoms. The molecule has 0 fully saturated rings. The SMILES string of the molecule is C=C[C@@H]1[C@@H](c2ccccc2)N=C2C=CC=CN21. The first-order valence-corrected chi connectivity index (χ1v) is 5.78. The van der Waals surface area contributed by atoms with E-state index in [0.29, 0.717) is 0 Å². The minimum absolute atomic E-state index is 0.149. The van der Waals surface area contributed by atoms with E-state index in [9.17, 15) is 0 Å². The van der Waals surface area contributed by atoms with E-state index < -0.39 is 0 Å². The standard InChI is InChI=1S/C15H14N2/c1-2-13-15(12-8-4-3-5-9-12)16-14-10-6-7-11-17(13)14/h2-11,13,15H,1H2/t13-,15-/m1/s1. The third-order valence-electron chi connectivity index (χ3n) is 3.17. The summed E-state index contributed by atoms with van der Waals surface area (Å²) < 4.78 is 0. The number of aliphatic imine (C=N–C) groups is 1. The van der Waals surface area contributed by atoms with E-state index in [0.717, 1.165) is 5.84 Å². The fraction of sp³-hybridized carbons (Fsp3) is 0.133. The highest BCUT2D eigenvalue weighted by Crippen LogP contribution is 2.33. The zero-order chi connectivity index (χ0) is 11.7. The Balaban J connectivity index is 2.01. The summed E-state index contributed by atoms with van der Waals surface area (Å²) in [4.78, 5) is 6.94. The lowest BCUT2D eigenvalue weighted by Crippen LogP contribution is -2.31. The maximum absolute atomic E-state index is 4.77. The Morgan fingerprint density at radius 2 is 2.00 bits per heavy atom. The summed E-state index contributed by atoms with van der Waals surface area (Å²) >= 11 is 0. The van der Waals surface area contributed by atoms with E-state index in [2.05, 4.69) is 41.9 Å². The Hall–Kier alpha value is -2.09. The largest absolute Gasteiger partial charge is 0.324 e. The van der Waals surface area contributed by atoms with E-state index in [1.165, 1.54) is 5.56 Å². The normalized spacial score (nSPS) is 25.6. The first kappa shape index (κ1) is 10.1. The Morgan fingerprint density at radius 3 is 2.76 bits per heavy atom. The molecule has 3 rings (SSSR count). The maximum Gasteiger partial charge on any atom is 0.128 e. The van der Waals surface area contributed by atoms with Crippen LogP contribution in [0.1, 0.15) is 11.6 Å². The topological polar surface area (TPSA) is 15.6 Å². The van der Waals surface area contributed by atoms with Gasteiger partial charge in [0.25, 0.3) is 0 Å². The van der Waals surface area contributed by atoms with Gasteiger partial charge >= 0.3 is 0 Å². The molecule has 0 N–H and O–H groups in total. The molecule has 0 amide bonds. The van der Waals surface area contributed by atoms with Gasteiger partial charge in [-0.05, 0) is 17.7 Å². The van der Waals surface area contributed by atoms with Gasteiger partial charge in [-0.1, -0.05) is 42.5 Å². The third kappa shape index (κ3) is 1.62. The number of hydrogen-bond donors (Lipinski definition) is 0. The van der Waals surface area contributed by atoms with E-state index in [1.807, 2.05) is 30.4 Å². The van der Waals surface area contributed by atoms with E-state index in [-0.39, 0.29) is 12.1 Å². The molecule has 2 nitrogen and oxygen atoms in total. The van der Waals surface area contributed by atoms with Gasteiger partial charge in [0.15, 0.2) is 0 Å². The molecule has 1 aromatic carbocycles. The molecule has 0 aromatic heterocycles. The molecule has 0 bridgehead atoms. The Kier molecular flexibility index (Phi) is 2.41. The molecular formula is C15H14N2. The van der Waals surface area contributed by atoms with Crippen LogP contribution in [0.2, 0.25) is 0 Å². The third-order valence-corrected chi connectivity index (χ3v) is 3.17. The smallest absolute Gasteiger partial charge is 0.128 e. The van der Waals surface area contributed by atoms with Crippen LogP contribution in [-0.4, -0.2) is 16.8 Å². The molecule has 2 atom stereocenters. The molecule has 84 valence electrons. The summed E-state index contributed by atoms with van der Waals surface area (Å²) in [7, 11) is 0. The summed E-state index contributed by atoms with van der Waals surface area (Å²) in [6, 6.07) is 10.7. The number of allylic oxidation sites excluding steroid dienone is 2. The monoisotopic (exact) mass is 222 g/mol. The number of amidine groups is 1. The quantitative estimate of drug-likeness (QED) is 0.702. The summed E-state index contributed by atoms with van der Waals surface area (Å²) in [5.41, 5.74) is 1.24. The van der Waals surface area contributed by atoms with Crippen LogP contribution < -0.4 is 0 Å².